The lowest BCUT2D eigenvalue weighted by Gasteiger charge is -2.17. The fourth-order valence-corrected chi connectivity index (χ4v) is 3.08. The number of rotatable bonds is 5. The van der Waals surface area contributed by atoms with E-state index in [1.54, 1.807) is 0 Å². The van der Waals surface area contributed by atoms with Crippen molar-refractivity contribution < 1.29 is 0 Å². The molecule has 0 unspecified atom stereocenters. The molecule has 0 amide bonds. The third kappa shape index (κ3) is 3.45. The van der Waals surface area contributed by atoms with E-state index in [-0.39, 0.29) is 0 Å². The van der Waals surface area contributed by atoms with Gasteiger partial charge < -0.3 is 10.3 Å². The van der Waals surface area contributed by atoms with Gasteiger partial charge in [0.2, 0.25) is 0 Å². The molecule has 0 aliphatic heterocycles. The minimum absolute atomic E-state index is 0.383. The number of aromatic nitrogens is 3. The van der Waals surface area contributed by atoms with Crippen LogP contribution in [-0.4, -0.2) is 20.5 Å². The molecule has 5 heteroatoms. The zero-order valence-electron chi connectivity index (χ0n) is 10.9. The van der Waals surface area contributed by atoms with E-state index < -0.39 is 0 Å². The maximum absolute atomic E-state index is 5.69. The van der Waals surface area contributed by atoms with Crippen LogP contribution in [0.2, 0.25) is 0 Å². The molecule has 0 atom stereocenters. The Balaban J connectivity index is 1.98. The van der Waals surface area contributed by atoms with Crippen molar-refractivity contribution in [3.8, 4) is 0 Å². The molecule has 0 bridgehead atoms. The van der Waals surface area contributed by atoms with Gasteiger partial charge in [0.1, 0.15) is 5.82 Å². The smallest absolute Gasteiger partial charge is 0.191 e. The topological polar surface area (TPSA) is 56.7 Å². The summed E-state index contributed by atoms with van der Waals surface area (Å²) in [6.45, 7) is 7.29. The SMILES string of the molecule is CC(C)(C)CCSc1nnc(CN)n1C1CC1. The van der Waals surface area contributed by atoms with Crippen molar-refractivity contribution in [2.45, 2.75) is 57.8 Å². The first-order chi connectivity index (χ1) is 8.01. The maximum atomic E-state index is 5.69. The van der Waals surface area contributed by atoms with Gasteiger partial charge in [-0.15, -0.1) is 10.2 Å². The summed E-state index contributed by atoms with van der Waals surface area (Å²) < 4.78 is 2.24. The molecule has 2 N–H and O–H groups in total. The van der Waals surface area contributed by atoms with Crippen molar-refractivity contribution in [2.24, 2.45) is 11.1 Å². The number of hydrogen-bond acceptors (Lipinski definition) is 4. The maximum Gasteiger partial charge on any atom is 0.191 e. The van der Waals surface area contributed by atoms with Gasteiger partial charge in [-0.25, -0.2) is 0 Å². The summed E-state index contributed by atoms with van der Waals surface area (Å²) in [5.74, 6) is 2.03. The van der Waals surface area contributed by atoms with Crippen LogP contribution in [0, 0.1) is 5.41 Å². The fraction of sp³-hybridized carbons (Fsp3) is 0.833. The van der Waals surface area contributed by atoms with Crippen molar-refractivity contribution >= 4 is 11.8 Å². The van der Waals surface area contributed by atoms with Crippen molar-refractivity contribution in [2.75, 3.05) is 5.75 Å². The van der Waals surface area contributed by atoms with E-state index in [1.165, 1.54) is 19.3 Å². The first-order valence-corrected chi connectivity index (χ1v) is 7.26. The van der Waals surface area contributed by atoms with Gasteiger partial charge >= 0.3 is 0 Å². The Bertz CT molecular complexity index is 376. The van der Waals surface area contributed by atoms with Crippen LogP contribution in [0.4, 0.5) is 0 Å². The molecular weight excluding hydrogens is 232 g/mol. The Morgan fingerprint density at radius 1 is 1.35 bits per heavy atom. The van der Waals surface area contributed by atoms with Gasteiger partial charge in [-0.3, -0.25) is 0 Å². The fourth-order valence-electron chi connectivity index (χ4n) is 1.69. The molecule has 0 saturated heterocycles. The molecule has 1 aromatic heterocycles. The van der Waals surface area contributed by atoms with E-state index >= 15 is 0 Å². The molecule has 0 radical (unpaired) electrons. The van der Waals surface area contributed by atoms with Gasteiger partial charge in [-0.05, 0) is 24.7 Å². The molecule has 1 saturated carbocycles. The van der Waals surface area contributed by atoms with Gasteiger partial charge in [0, 0.05) is 11.8 Å². The van der Waals surface area contributed by atoms with E-state index in [0.717, 1.165) is 16.7 Å². The molecule has 1 aliphatic carbocycles. The van der Waals surface area contributed by atoms with E-state index in [9.17, 15) is 0 Å². The summed E-state index contributed by atoms with van der Waals surface area (Å²) in [4.78, 5) is 0. The second-order valence-electron chi connectivity index (χ2n) is 5.86. The molecule has 1 aromatic rings. The Labute approximate surface area is 107 Å². The predicted octanol–water partition coefficient (Wildman–Crippen LogP) is 2.60. The minimum Gasteiger partial charge on any atom is -0.324 e. The summed E-state index contributed by atoms with van der Waals surface area (Å²) in [5.41, 5.74) is 6.08. The van der Waals surface area contributed by atoms with Gasteiger partial charge in [0.25, 0.3) is 0 Å². The standard InChI is InChI=1S/C12H22N4S/c1-12(2,3)6-7-17-11-15-14-10(8-13)16(11)9-4-5-9/h9H,4-8,13H2,1-3H3. The molecule has 1 heterocycles. The van der Waals surface area contributed by atoms with Gasteiger partial charge in [0.05, 0.1) is 6.54 Å². The summed E-state index contributed by atoms with van der Waals surface area (Å²) in [6, 6.07) is 0.612. The normalized spacial score (nSPS) is 16.5. The lowest BCUT2D eigenvalue weighted by Crippen LogP contribution is -2.09. The third-order valence-corrected chi connectivity index (χ3v) is 3.86. The molecule has 17 heavy (non-hydrogen) atoms. The lowest BCUT2D eigenvalue weighted by atomic mass is 9.94. The van der Waals surface area contributed by atoms with Crippen LogP contribution in [0.1, 0.15) is 51.9 Å². The van der Waals surface area contributed by atoms with Crippen LogP contribution in [0.5, 0.6) is 0 Å². The van der Waals surface area contributed by atoms with Crippen LogP contribution in [0.25, 0.3) is 0 Å². The number of thioether (sulfide) groups is 1. The quantitative estimate of drug-likeness (QED) is 0.821. The first kappa shape index (κ1) is 12.9. The van der Waals surface area contributed by atoms with E-state index in [1.807, 2.05) is 11.8 Å². The average Bonchev–Trinajstić information content (AvgIpc) is 2.99. The number of nitrogens with zero attached hydrogens (tertiary/aromatic N) is 3. The molecule has 4 nitrogen and oxygen atoms in total. The number of hydrogen-bond donors (Lipinski definition) is 1. The van der Waals surface area contributed by atoms with Crippen molar-refractivity contribution in [1.29, 1.82) is 0 Å². The van der Waals surface area contributed by atoms with Crippen molar-refractivity contribution in [3.05, 3.63) is 5.82 Å². The molecule has 0 aromatic carbocycles. The molecule has 2 rings (SSSR count). The van der Waals surface area contributed by atoms with Crippen molar-refractivity contribution in [3.63, 3.8) is 0 Å². The molecular formula is C12H22N4S. The van der Waals surface area contributed by atoms with E-state index in [0.29, 0.717) is 18.0 Å². The number of nitrogens with two attached hydrogens (primary N) is 1. The highest BCUT2D eigenvalue weighted by Crippen LogP contribution is 2.39. The van der Waals surface area contributed by atoms with Crippen LogP contribution in [0.15, 0.2) is 5.16 Å². The Kier molecular flexibility index (Phi) is 3.78. The predicted molar refractivity (Wildman–Crippen MR) is 71.0 cm³/mol. The second-order valence-corrected chi connectivity index (χ2v) is 6.93. The third-order valence-electron chi connectivity index (χ3n) is 2.91. The molecule has 1 fully saturated rings. The largest absolute Gasteiger partial charge is 0.324 e. The minimum atomic E-state index is 0.383. The zero-order valence-corrected chi connectivity index (χ0v) is 11.8. The van der Waals surface area contributed by atoms with Crippen LogP contribution in [-0.2, 0) is 6.54 Å². The summed E-state index contributed by atoms with van der Waals surface area (Å²) in [6.07, 6.45) is 3.68. The Morgan fingerprint density at radius 2 is 2.06 bits per heavy atom. The van der Waals surface area contributed by atoms with E-state index in [4.69, 9.17) is 5.73 Å². The molecule has 1 aliphatic rings. The van der Waals surface area contributed by atoms with Gasteiger partial charge in [-0.1, -0.05) is 32.5 Å². The second kappa shape index (κ2) is 4.98. The van der Waals surface area contributed by atoms with Crippen molar-refractivity contribution in [1.82, 2.24) is 14.8 Å². The first-order valence-electron chi connectivity index (χ1n) is 6.28. The Morgan fingerprint density at radius 3 is 2.59 bits per heavy atom. The lowest BCUT2D eigenvalue weighted by molar-refractivity contribution is 0.401. The average molecular weight is 254 g/mol. The molecule has 0 spiro atoms. The molecule has 96 valence electrons. The van der Waals surface area contributed by atoms with E-state index in [2.05, 4.69) is 35.5 Å². The van der Waals surface area contributed by atoms with Crippen LogP contribution < -0.4 is 5.73 Å². The van der Waals surface area contributed by atoms with Crippen LogP contribution in [0.3, 0.4) is 0 Å². The Hall–Kier alpha value is -0.550. The summed E-state index contributed by atoms with van der Waals surface area (Å²) in [7, 11) is 0. The van der Waals surface area contributed by atoms with Gasteiger partial charge in [-0.2, -0.15) is 0 Å². The summed E-state index contributed by atoms with van der Waals surface area (Å²) in [5, 5.41) is 9.49. The highest BCUT2D eigenvalue weighted by atomic mass is 32.2. The van der Waals surface area contributed by atoms with Gasteiger partial charge in [0.15, 0.2) is 5.16 Å². The highest BCUT2D eigenvalue weighted by Gasteiger charge is 2.29. The summed E-state index contributed by atoms with van der Waals surface area (Å²) >= 11 is 1.81. The van der Waals surface area contributed by atoms with Crippen LogP contribution >= 0.6 is 11.8 Å². The highest BCUT2D eigenvalue weighted by molar-refractivity contribution is 7.99. The monoisotopic (exact) mass is 254 g/mol. The zero-order chi connectivity index (χ0) is 12.5.